The second-order valence-corrected chi connectivity index (χ2v) is 11.6. The van der Waals surface area contributed by atoms with Gasteiger partial charge in [-0.2, -0.15) is 5.26 Å². The Balaban J connectivity index is 1.36. The summed E-state index contributed by atoms with van der Waals surface area (Å²) >= 11 is 0. The Bertz CT molecular complexity index is 1610. The third kappa shape index (κ3) is 5.82. The van der Waals surface area contributed by atoms with Crippen LogP contribution in [0.25, 0.3) is 22.0 Å². The Morgan fingerprint density at radius 1 is 0.951 bits per heavy atom. The van der Waals surface area contributed by atoms with Crippen LogP contribution in [0, 0.1) is 25.2 Å². The summed E-state index contributed by atoms with van der Waals surface area (Å²) in [5.74, 6) is 0.799. The van der Waals surface area contributed by atoms with Gasteiger partial charge in [0.05, 0.1) is 22.7 Å². The number of carbonyl (C=O) groups is 1. The molecule has 0 saturated carbocycles. The molecule has 4 aromatic rings. The average molecular weight is 544 g/mol. The number of pyridine rings is 1. The number of nitriles is 1. The number of nitrogens with one attached hydrogen (secondary N) is 1. The first kappa shape index (κ1) is 27.0. The van der Waals surface area contributed by atoms with Crippen LogP contribution in [0.4, 0.5) is 5.82 Å². The highest BCUT2D eigenvalue weighted by Crippen LogP contribution is 2.31. The van der Waals surface area contributed by atoms with E-state index >= 15 is 0 Å². The van der Waals surface area contributed by atoms with E-state index < -0.39 is 0 Å². The highest BCUT2D eigenvalue weighted by molar-refractivity contribution is 6.08. The zero-order valence-electron chi connectivity index (χ0n) is 24.0. The van der Waals surface area contributed by atoms with Gasteiger partial charge >= 0.3 is 0 Å². The number of likely N-dealkylation sites (tertiary alicyclic amines) is 2. The molecular weight excluding hydrogens is 506 g/mol. The van der Waals surface area contributed by atoms with E-state index in [9.17, 15) is 10.1 Å². The third-order valence-corrected chi connectivity index (χ3v) is 8.65. The zero-order chi connectivity index (χ0) is 28.3. The maximum absolute atomic E-state index is 14.3. The average Bonchev–Trinajstić information content (AvgIpc) is 3.68. The van der Waals surface area contributed by atoms with Gasteiger partial charge in [0, 0.05) is 31.1 Å². The van der Waals surface area contributed by atoms with Gasteiger partial charge in [-0.15, -0.1) is 0 Å². The summed E-state index contributed by atoms with van der Waals surface area (Å²) in [6.07, 6.45) is 4.60. The molecule has 1 N–H and O–H groups in total. The van der Waals surface area contributed by atoms with Crippen LogP contribution < -0.4 is 5.32 Å². The molecule has 3 heterocycles. The molecule has 0 bridgehead atoms. The van der Waals surface area contributed by atoms with Crippen molar-refractivity contribution in [1.29, 1.82) is 5.26 Å². The number of aromatic nitrogens is 1. The first-order valence-corrected chi connectivity index (χ1v) is 14.8. The molecule has 2 aliphatic heterocycles. The number of carbonyl (C=O) groups excluding carboxylic acids is 1. The quantitative estimate of drug-likeness (QED) is 0.281. The number of amides is 1. The summed E-state index contributed by atoms with van der Waals surface area (Å²) < 4.78 is 0. The molecule has 0 radical (unpaired) electrons. The van der Waals surface area contributed by atoms with E-state index in [0.29, 0.717) is 23.5 Å². The number of anilines is 1. The van der Waals surface area contributed by atoms with Crippen molar-refractivity contribution in [3.63, 3.8) is 0 Å². The van der Waals surface area contributed by atoms with E-state index in [1.54, 1.807) is 0 Å². The summed E-state index contributed by atoms with van der Waals surface area (Å²) in [7, 11) is 0. The molecule has 2 saturated heterocycles. The fourth-order valence-electron chi connectivity index (χ4n) is 6.35. The maximum Gasteiger partial charge on any atom is 0.254 e. The standard InChI is InChI=1S/C35H37N5O/c1-24-7-10-29(25(2)18-24)22-37-34-20-32(35(41)40-17-5-6-30(40)23-39-15-3-4-16-39)31-19-28(13-14-33(31)38-34)27-11-8-26(21-36)9-12-27/h7-14,18-20,30H,3-6,15-17,22-23H2,1-2H3,(H,37,38)/t30-/m0/s1. The van der Waals surface area contributed by atoms with Gasteiger partial charge < -0.3 is 15.1 Å². The maximum atomic E-state index is 14.3. The molecule has 208 valence electrons. The molecule has 0 spiro atoms. The van der Waals surface area contributed by atoms with Crippen LogP contribution in [-0.4, -0.2) is 52.9 Å². The minimum absolute atomic E-state index is 0.0886. The van der Waals surface area contributed by atoms with Crippen LogP contribution in [0.1, 0.15) is 58.3 Å². The predicted molar refractivity (Wildman–Crippen MR) is 165 cm³/mol. The predicted octanol–water partition coefficient (Wildman–Crippen LogP) is 6.70. The minimum Gasteiger partial charge on any atom is -0.366 e. The van der Waals surface area contributed by atoms with Crippen molar-refractivity contribution in [3.8, 4) is 17.2 Å². The van der Waals surface area contributed by atoms with Gasteiger partial charge in [0.25, 0.3) is 5.91 Å². The van der Waals surface area contributed by atoms with Gasteiger partial charge in [-0.05, 0) is 105 Å². The SMILES string of the molecule is Cc1ccc(CNc2cc(C(=O)N3CCC[C@H]3CN3CCCC3)c3cc(-c4ccc(C#N)cc4)ccc3n2)c(C)c1. The smallest absolute Gasteiger partial charge is 0.254 e. The van der Waals surface area contributed by atoms with E-state index in [1.807, 2.05) is 42.5 Å². The molecule has 0 unspecified atom stereocenters. The van der Waals surface area contributed by atoms with Crippen LogP contribution in [-0.2, 0) is 6.54 Å². The van der Waals surface area contributed by atoms with E-state index in [2.05, 4.69) is 59.3 Å². The van der Waals surface area contributed by atoms with Crippen molar-refractivity contribution in [2.75, 3.05) is 31.5 Å². The monoisotopic (exact) mass is 543 g/mol. The van der Waals surface area contributed by atoms with E-state index in [1.165, 1.54) is 29.5 Å². The van der Waals surface area contributed by atoms with Crippen LogP contribution in [0.2, 0.25) is 0 Å². The van der Waals surface area contributed by atoms with Crippen LogP contribution in [0.3, 0.4) is 0 Å². The molecule has 1 amide bonds. The number of aryl methyl sites for hydroxylation is 2. The summed E-state index contributed by atoms with van der Waals surface area (Å²) in [6, 6.07) is 24.6. The number of rotatable bonds is 7. The highest BCUT2D eigenvalue weighted by atomic mass is 16.2. The molecule has 41 heavy (non-hydrogen) atoms. The minimum atomic E-state index is 0.0886. The molecule has 3 aromatic carbocycles. The van der Waals surface area contributed by atoms with Crippen LogP contribution in [0.15, 0.2) is 66.7 Å². The topological polar surface area (TPSA) is 72.3 Å². The molecule has 1 aromatic heterocycles. The van der Waals surface area contributed by atoms with E-state index in [0.717, 1.165) is 61.1 Å². The Morgan fingerprint density at radius 3 is 2.49 bits per heavy atom. The van der Waals surface area contributed by atoms with Gasteiger partial charge in [-0.25, -0.2) is 4.98 Å². The number of nitrogens with zero attached hydrogens (tertiary/aromatic N) is 4. The zero-order valence-corrected chi connectivity index (χ0v) is 24.0. The first-order valence-electron chi connectivity index (χ1n) is 14.8. The molecule has 6 nitrogen and oxygen atoms in total. The molecule has 1 atom stereocenters. The molecular formula is C35H37N5O. The molecule has 6 rings (SSSR count). The molecule has 0 aliphatic carbocycles. The van der Waals surface area contributed by atoms with Gasteiger partial charge in [0.15, 0.2) is 0 Å². The third-order valence-electron chi connectivity index (χ3n) is 8.65. The Labute approximate surface area is 242 Å². The van der Waals surface area contributed by atoms with Gasteiger partial charge in [-0.3, -0.25) is 4.79 Å². The van der Waals surface area contributed by atoms with Gasteiger partial charge in [0.2, 0.25) is 0 Å². The lowest BCUT2D eigenvalue weighted by Gasteiger charge is -2.29. The van der Waals surface area contributed by atoms with Gasteiger partial charge in [0.1, 0.15) is 5.82 Å². The van der Waals surface area contributed by atoms with Crippen molar-refractivity contribution in [2.45, 2.75) is 52.1 Å². The fraction of sp³-hybridized carbons (Fsp3) is 0.343. The number of hydrogen-bond acceptors (Lipinski definition) is 5. The lowest BCUT2D eigenvalue weighted by Crippen LogP contribution is -2.42. The summed E-state index contributed by atoms with van der Waals surface area (Å²) in [6.45, 7) is 8.90. The van der Waals surface area contributed by atoms with E-state index in [4.69, 9.17) is 4.98 Å². The summed E-state index contributed by atoms with van der Waals surface area (Å²) in [4.78, 5) is 23.9. The van der Waals surface area contributed by atoms with Crippen molar-refractivity contribution in [2.24, 2.45) is 0 Å². The van der Waals surface area contributed by atoms with Crippen molar-refractivity contribution >= 4 is 22.6 Å². The molecule has 2 fully saturated rings. The Kier molecular flexibility index (Phi) is 7.71. The second kappa shape index (κ2) is 11.7. The normalized spacial score (nSPS) is 17.2. The first-order chi connectivity index (χ1) is 20.0. The van der Waals surface area contributed by atoms with Gasteiger partial charge in [-0.1, -0.05) is 42.0 Å². The van der Waals surface area contributed by atoms with E-state index in [-0.39, 0.29) is 11.9 Å². The summed E-state index contributed by atoms with van der Waals surface area (Å²) in [5, 5.41) is 13.6. The lowest BCUT2D eigenvalue weighted by molar-refractivity contribution is 0.0710. The number of fused-ring (bicyclic) bond motifs is 1. The van der Waals surface area contributed by atoms with Crippen molar-refractivity contribution in [3.05, 3.63) is 94.5 Å². The summed E-state index contributed by atoms with van der Waals surface area (Å²) in [5.41, 5.74) is 7.84. The number of hydrogen-bond donors (Lipinski definition) is 1. The lowest BCUT2D eigenvalue weighted by atomic mass is 9.99. The van der Waals surface area contributed by atoms with Crippen LogP contribution in [0.5, 0.6) is 0 Å². The highest BCUT2D eigenvalue weighted by Gasteiger charge is 2.32. The van der Waals surface area contributed by atoms with Crippen molar-refractivity contribution in [1.82, 2.24) is 14.8 Å². The molecule has 6 heteroatoms. The Morgan fingerprint density at radius 2 is 1.73 bits per heavy atom. The largest absolute Gasteiger partial charge is 0.366 e. The molecule has 2 aliphatic rings. The number of benzene rings is 3. The van der Waals surface area contributed by atoms with Crippen LogP contribution >= 0.6 is 0 Å². The Hall–Kier alpha value is -4.21. The van der Waals surface area contributed by atoms with Crippen molar-refractivity contribution < 1.29 is 4.79 Å². The second-order valence-electron chi connectivity index (χ2n) is 11.6. The fourth-order valence-corrected chi connectivity index (χ4v) is 6.35.